The molecule has 0 aliphatic rings. The maximum absolute atomic E-state index is 11.6. The van der Waals surface area contributed by atoms with Crippen LogP contribution in [0.1, 0.15) is 32.9 Å². The van der Waals surface area contributed by atoms with Gasteiger partial charge in [-0.3, -0.25) is 4.79 Å². The molecule has 0 saturated heterocycles. The highest BCUT2D eigenvalue weighted by Gasteiger charge is 2.06. The molecule has 0 spiro atoms. The van der Waals surface area contributed by atoms with Crippen molar-refractivity contribution in [2.75, 3.05) is 11.9 Å². The molecule has 2 rings (SSSR count). The molecule has 0 fully saturated rings. The van der Waals surface area contributed by atoms with E-state index in [1.54, 1.807) is 29.7 Å². The van der Waals surface area contributed by atoms with Crippen LogP contribution in [-0.4, -0.2) is 22.4 Å². The van der Waals surface area contributed by atoms with Crippen LogP contribution in [0.5, 0.6) is 0 Å². The van der Waals surface area contributed by atoms with Crippen molar-refractivity contribution in [2.45, 2.75) is 27.3 Å². The molecule has 106 valence electrons. The molecule has 2 N–H and O–H groups in total. The first kappa shape index (κ1) is 14.5. The molecular formula is C14H18N4OS. The Morgan fingerprint density at radius 3 is 2.70 bits per heavy atom. The topological polar surface area (TPSA) is 66.9 Å². The smallest absolute Gasteiger partial charge is 0.252 e. The summed E-state index contributed by atoms with van der Waals surface area (Å²) in [6.07, 6.45) is 1.58. The number of carbonyl (C=O) groups is 1. The van der Waals surface area contributed by atoms with E-state index in [2.05, 4.69) is 27.5 Å². The van der Waals surface area contributed by atoms with Crippen molar-refractivity contribution in [1.29, 1.82) is 0 Å². The molecule has 0 saturated carbocycles. The van der Waals surface area contributed by atoms with Gasteiger partial charge in [0.25, 0.3) is 5.91 Å². The Labute approximate surface area is 122 Å². The molecule has 5 nitrogen and oxygen atoms in total. The quantitative estimate of drug-likeness (QED) is 0.888. The fourth-order valence-electron chi connectivity index (χ4n) is 1.81. The number of amides is 1. The summed E-state index contributed by atoms with van der Waals surface area (Å²) in [4.78, 5) is 21.5. The summed E-state index contributed by atoms with van der Waals surface area (Å²) in [5, 5.41) is 7.02. The number of hydrogen-bond donors (Lipinski definition) is 2. The first-order chi connectivity index (χ1) is 9.60. The normalized spacial score (nSPS) is 10.3. The second-order valence-corrected chi connectivity index (χ2v) is 5.79. The number of nitrogens with zero attached hydrogens (tertiary/aromatic N) is 2. The zero-order valence-corrected chi connectivity index (χ0v) is 12.7. The van der Waals surface area contributed by atoms with E-state index in [4.69, 9.17) is 0 Å². The highest BCUT2D eigenvalue weighted by atomic mass is 32.1. The molecule has 0 aliphatic heterocycles. The minimum absolute atomic E-state index is 0.0995. The lowest BCUT2D eigenvalue weighted by Crippen LogP contribution is -2.22. The predicted octanol–water partition coefficient (Wildman–Crippen LogP) is 2.52. The first-order valence-corrected chi connectivity index (χ1v) is 7.33. The molecule has 0 unspecified atom stereocenters. The predicted molar refractivity (Wildman–Crippen MR) is 81.2 cm³/mol. The standard InChI is InChI=1S/C14H18N4OS/c1-4-15-14(19)11-5-6-13(16-7-11)17-8-12-9(2)20-10(3)18-12/h5-7H,4,8H2,1-3H3,(H,15,19)(H,16,17). The van der Waals surface area contributed by atoms with Gasteiger partial charge in [-0.15, -0.1) is 11.3 Å². The molecule has 2 heterocycles. The number of aryl methyl sites for hydroxylation is 2. The van der Waals surface area contributed by atoms with Gasteiger partial charge in [-0.2, -0.15) is 0 Å². The average Bonchev–Trinajstić information content (AvgIpc) is 2.75. The highest BCUT2D eigenvalue weighted by Crippen LogP contribution is 2.17. The minimum Gasteiger partial charge on any atom is -0.364 e. The zero-order valence-electron chi connectivity index (χ0n) is 11.9. The van der Waals surface area contributed by atoms with E-state index in [0.29, 0.717) is 18.7 Å². The van der Waals surface area contributed by atoms with E-state index < -0.39 is 0 Å². The van der Waals surface area contributed by atoms with Gasteiger partial charge in [0.2, 0.25) is 0 Å². The van der Waals surface area contributed by atoms with Gasteiger partial charge in [0.05, 0.1) is 22.8 Å². The summed E-state index contributed by atoms with van der Waals surface area (Å²) in [5.41, 5.74) is 1.61. The summed E-state index contributed by atoms with van der Waals surface area (Å²) in [7, 11) is 0. The van der Waals surface area contributed by atoms with Gasteiger partial charge in [0.15, 0.2) is 0 Å². The van der Waals surface area contributed by atoms with Crippen LogP contribution in [0.3, 0.4) is 0 Å². The monoisotopic (exact) mass is 290 g/mol. The van der Waals surface area contributed by atoms with E-state index in [0.717, 1.165) is 16.5 Å². The number of rotatable bonds is 5. The number of carbonyl (C=O) groups excluding carboxylic acids is 1. The third kappa shape index (κ3) is 3.54. The van der Waals surface area contributed by atoms with Crippen LogP contribution in [0.2, 0.25) is 0 Å². The van der Waals surface area contributed by atoms with Gasteiger partial charge in [0, 0.05) is 17.6 Å². The molecule has 2 aromatic heterocycles. The fraction of sp³-hybridized carbons (Fsp3) is 0.357. The Morgan fingerprint density at radius 1 is 1.35 bits per heavy atom. The van der Waals surface area contributed by atoms with E-state index >= 15 is 0 Å². The Kier molecular flexibility index (Phi) is 4.68. The Bertz CT molecular complexity index is 592. The average molecular weight is 290 g/mol. The molecule has 0 aliphatic carbocycles. The fourth-order valence-corrected chi connectivity index (χ4v) is 2.64. The van der Waals surface area contributed by atoms with Crippen LogP contribution in [0.4, 0.5) is 5.82 Å². The van der Waals surface area contributed by atoms with Crippen molar-refractivity contribution < 1.29 is 4.79 Å². The second-order valence-electron chi connectivity index (χ2n) is 4.38. The third-order valence-electron chi connectivity index (χ3n) is 2.80. The summed E-state index contributed by atoms with van der Waals surface area (Å²) >= 11 is 1.69. The van der Waals surface area contributed by atoms with Crippen molar-refractivity contribution in [3.63, 3.8) is 0 Å². The van der Waals surface area contributed by atoms with Gasteiger partial charge >= 0.3 is 0 Å². The van der Waals surface area contributed by atoms with Crippen molar-refractivity contribution >= 4 is 23.1 Å². The van der Waals surface area contributed by atoms with Crippen molar-refractivity contribution in [3.05, 3.63) is 39.5 Å². The summed E-state index contributed by atoms with van der Waals surface area (Å²) in [6, 6.07) is 3.57. The largest absolute Gasteiger partial charge is 0.364 e. The number of thiazole rings is 1. The number of pyridine rings is 1. The molecule has 6 heteroatoms. The van der Waals surface area contributed by atoms with Crippen molar-refractivity contribution in [2.24, 2.45) is 0 Å². The maximum Gasteiger partial charge on any atom is 0.252 e. The molecule has 0 radical (unpaired) electrons. The number of hydrogen-bond acceptors (Lipinski definition) is 5. The lowest BCUT2D eigenvalue weighted by Gasteiger charge is -2.06. The Balaban J connectivity index is 1.97. The molecule has 0 bridgehead atoms. The van der Waals surface area contributed by atoms with E-state index in [9.17, 15) is 4.79 Å². The molecular weight excluding hydrogens is 272 g/mol. The van der Waals surface area contributed by atoms with Gasteiger partial charge in [-0.1, -0.05) is 0 Å². The lowest BCUT2D eigenvalue weighted by atomic mass is 10.2. The van der Waals surface area contributed by atoms with Crippen LogP contribution >= 0.6 is 11.3 Å². The van der Waals surface area contributed by atoms with Crippen LogP contribution in [0.15, 0.2) is 18.3 Å². The van der Waals surface area contributed by atoms with E-state index in [1.807, 2.05) is 13.8 Å². The molecule has 0 aromatic carbocycles. The van der Waals surface area contributed by atoms with Gasteiger partial charge in [-0.05, 0) is 32.9 Å². The molecule has 0 atom stereocenters. The van der Waals surface area contributed by atoms with Gasteiger partial charge in [0.1, 0.15) is 5.82 Å². The van der Waals surface area contributed by atoms with E-state index in [1.165, 1.54) is 4.88 Å². The highest BCUT2D eigenvalue weighted by molar-refractivity contribution is 7.11. The van der Waals surface area contributed by atoms with Crippen molar-refractivity contribution in [1.82, 2.24) is 15.3 Å². The Morgan fingerprint density at radius 2 is 2.15 bits per heavy atom. The van der Waals surface area contributed by atoms with Crippen molar-refractivity contribution in [3.8, 4) is 0 Å². The lowest BCUT2D eigenvalue weighted by molar-refractivity contribution is 0.0955. The number of nitrogens with one attached hydrogen (secondary N) is 2. The number of anilines is 1. The minimum atomic E-state index is -0.0995. The van der Waals surface area contributed by atoms with Crippen LogP contribution in [0, 0.1) is 13.8 Å². The summed E-state index contributed by atoms with van der Waals surface area (Å²) in [5.74, 6) is 0.639. The van der Waals surface area contributed by atoms with Crippen LogP contribution < -0.4 is 10.6 Å². The summed E-state index contributed by atoms with van der Waals surface area (Å²) in [6.45, 7) is 7.21. The third-order valence-corrected chi connectivity index (χ3v) is 3.73. The first-order valence-electron chi connectivity index (χ1n) is 6.51. The van der Waals surface area contributed by atoms with Gasteiger partial charge < -0.3 is 10.6 Å². The molecule has 2 aromatic rings. The summed E-state index contributed by atoms with van der Waals surface area (Å²) < 4.78 is 0. The zero-order chi connectivity index (χ0) is 14.5. The molecule has 20 heavy (non-hydrogen) atoms. The van der Waals surface area contributed by atoms with Crippen LogP contribution in [-0.2, 0) is 6.54 Å². The SMILES string of the molecule is CCNC(=O)c1ccc(NCc2nc(C)sc2C)nc1. The number of aromatic nitrogens is 2. The van der Waals surface area contributed by atoms with Crippen LogP contribution in [0.25, 0.3) is 0 Å². The van der Waals surface area contributed by atoms with Gasteiger partial charge in [-0.25, -0.2) is 9.97 Å². The second kappa shape index (κ2) is 6.47. The maximum atomic E-state index is 11.6. The molecule has 1 amide bonds. The van der Waals surface area contributed by atoms with E-state index in [-0.39, 0.29) is 5.91 Å². The Hall–Kier alpha value is -1.95.